The molecule has 15 heavy (non-hydrogen) atoms. The molecule has 1 unspecified atom stereocenters. The fourth-order valence-electron chi connectivity index (χ4n) is 1.55. The van der Waals surface area contributed by atoms with Crippen molar-refractivity contribution >= 4 is 0 Å². The molecule has 0 heterocycles. The lowest BCUT2D eigenvalue weighted by atomic mass is 10.1. The Morgan fingerprint density at radius 3 is 2.40 bits per heavy atom. The lowest BCUT2D eigenvalue weighted by Crippen LogP contribution is -2.17. The fraction of sp³-hybridized carbons (Fsp3) is 1.00. The van der Waals surface area contributed by atoms with E-state index in [1.165, 1.54) is 25.7 Å². The first kappa shape index (κ1) is 14.9. The summed E-state index contributed by atoms with van der Waals surface area (Å²) < 4.78 is 5.74. The van der Waals surface area contributed by atoms with E-state index in [2.05, 4.69) is 33.0 Å². The van der Waals surface area contributed by atoms with E-state index in [4.69, 9.17) is 4.74 Å². The highest BCUT2D eigenvalue weighted by atomic mass is 16.5. The van der Waals surface area contributed by atoms with E-state index in [1.807, 2.05) is 0 Å². The van der Waals surface area contributed by atoms with Gasteiger partial charge in [0.05, 0.1) is 6.10 Å². The molecule has 0 fully saturated rings. The first-order valence-corrected chi connectivity index (χ1v) is 6.49. The van der Waals surface area contributed by atoms with Crippen LogP contribution in [0.2, 0.25) is 0 Å². The minimum Gasteiger partial charge on any atom is -0.379 e. The van der Waals surface area contributed by atoms with Gasteiger partial charge in [-0.3, -0.25) is 0 Å². The minimum atomic E-state index is 0.427. The third-order valence-electron chi connectivity index (χ3n) is 2.54. The van der Waals surface area contributed by atoms with Gasteiger partial charge in [0.15, 0.2) is 0 Å². The Morgan fingerprint density at radius 1 is 1.07 bits per heavy atom. The van der Waals surface area contributed by atoms with Gasteiger partial charge in [-0.05, 0) is 51.6 Å². The molecule has 0 saturated heterocycles. The zero-order valence-corrected chi connectivity index (χ0v) is 11.0. The normalized spacial score (nSPS) is 13.4. The van der Waals surface area contributed by atoms with Crippen LogP contribution >= 0.6 is 0 Å². The van der Waals surface area contributed by atoms with E-state index in [0.717, 1.165) is 25.6 Å². The molecule has 0 bridgehead atoms. The number of rotatable bonds is 10. The van der Waals surface area contributed by atoms with Gasteiger partial charge in [-0.1, -0.05) is 20.8 Å². The Balaban J connectivity index is 3.15. The molecule has 0 aromatic carbocycles. The summed E-state index contributed by atoms with van der Waals surface area (Å²) in [6, 6.07) is 0. The zero-order valence-electron chi connectivity index (χ0n) is 11.0. The lowest BCUT2D eigenvalue weighted by molar-refractivity contribution is 0.0551. The molecule has 0 spiro atoms. The molecule has 1 N–H and O–H groups in total. The quantitative estimate of drug-likeness (QED) is 0.565. The predicted molar refractivity (Wildman–Crippen MR) is 67.3 cm³/mol. The third-order valence-corrected chi connectivity index (χ3v) is 2.54. The molecule has 0 aliphatic rings. The highest BCUT2D eigenvalue weighted by Gasteiger charge is 2.01. The van der Waals surface area contributed by atoms with Crippen LogP contribution in [0.1, 0.15) is 53.4 Å². The van der Waals surface area contributed by atoms with Crippen LogP contribution in [0.4, 0.5) is 0 Å². The summed E-state index contributed by atoms with van der Waals surface area (Å²) in [6.07, 6.45) is 5.31. The molecular weight excluding hydrogens is 186 g/mol. The molecule has 0 aliphatic heterocycles. The van der Waals surface area contributed by atoms with Gasteiger partial charge < -0.3 is 10.1 Å². The molecular formula is C13H29NO. The van der Waals surface area contributed by atoms with E-state index in [9.17, 15) is 0 Å². The average molecular weight is 215 g/mol. The maximum absolute atomic E-state index is 5.74. The molecule has 2 nitrogen and oxygen atoms in total. The van der Waals surface area contributed by atoms with Crippen molar-refractivity contribution in [2.24, 2.45) is 5.92 Å². The number of ether oxygens (including phenoxy) is 1. The monoisotopic (exact) mass is 215 g/mol. The van der Waals surface area contributed by atoms with Crippen LogP contribution in [-0.2, 0) is 4.74 Å². The van der Waals surface area contributed by atoms with Crippen molar-refractivity contribution in [3.8, 4) is 0 Å². The summed E-state index contributed by atoms with van der Waals surface area (Å²) in [5.74, 6) is 0.803. The molecule has 0 aromatic rings. The van der Waals surface area contributed by atoms with Gasteiger partial charge >= 0.3 is 0 Å². The van der Waals surface area contributed by atoms with Crippen LogP contribution in [0.15, 0.2) is 0 Å². The van der Waals surface area contributed by atoms with Crippen LogP contribution in [0, 0.1) is 5.92 Å². The standard InChI is InChI=1S/C13H29NO/c1-5-14-10-6-9-13(4)15-11-7-8-12(2)3/h12-14H,5-11H2,1-4H3. The van der Waals surface area contributed by atoms with E-state index in [0.29, 0.717) is 6.10 Å². The number of hydrogen-bond acceptors (Lipinski definition) is 2. The first-order valence-electron chi connectivity index (χ1n) is 6.49. The van der Waals surface area contributed by atoms with Gasteiger partial charge in [0, 0.05) is 6.61 Å². The van der Waals surface area contributed by atoms with Crippen molar-refractivity contribution in [1.29, 1.82) is 0 Å². The van der Waals surface area contributed by atoms with Gasteiger partial charge in [-0.25, -0.2) is 0 Å². The molecule has 0 radical (unpaired) electrons. The molecule has 2 heteroatoms. The summed E-state index contributed by atoms with van der Waals surface area (Å²) in [6.45, 7) is 12.0. The molecule has 0 aromatic heterocycles. The van der Waals surface area contributed by atoms with Gasteiger partial charge in [0.1, 0.15) is 0 Å². The van der Waals surface area contributed by atoms with Crippen LogP contribution in [0.3, 0.4) is 0 Å². The zero-order chi connectivity index (χ0) is 11.5. The van der Waals surface area contributed by atoms with Gasteiger partial charge in [-0.2, -0.15) is 0 Å². The summed E-state index contributed by atoms with van der Waals surface area (Å²) >= 11 is 0. The van der Waals surface area contributed by atoms with Gasteiger partial charge in [0.2, 0.25) is 0 Å². The Kier molecular flexibility index (Phi) is 10.4. The maximum atomic E-state index is 5.74. The van der Waals surface area contributed by atoms with Crippen LogP contribution in [-0.4, -0.2) is 25.8 Å². The smallest absolute Gasteiger partial charge is 0.0547 e. The topological polar surface area (TPSA) is 21.3 Å². The lowest BCUT2D eigenvalue weighted by Gasteiger charge is -2.13. The number of nitrogens with one attached hydrogen (secondary N) is 1. The fourth-order valence-corrected chi connectivity index (χ4v) is 1.55. The number of hydrogen-bond donors (Lipinski definition) is 1. The molecule has 0 amide bonds. The maximum Gasteiger partial charge on any atom is 0.0547 e. The minimum absolute atomic E-state index is 0.427. The van der Waals surface area contributed by atoms with Crippen molar-refractivity contribution in [2.45, 2.75) is 59.5 Å². The molecule has 0 saturated carbocycles. The molecule has 92 valence electrons. The largest absolute Gasteiger partial charge is 0.379 e. The van der Waals surface area contributed by atoms with E-state index >= 15 is 0 Å². The van der Waals surface area contributed by atoms with Gasteiger partial charge in [0.25, 0.3) is 0 Å². The van der Waals surface area contributed by atoms with Crippen molar-refractivity contribution in [3.63, 3.8) is 0 Å². The summed E-state index contributed by atoms with van der Waals surface area (Å²) in [7, 11) is 0. The average Bonchev–Trinajstić information content (AvgIpc) is 2.19. The van der Waals surface area contributed by atoms with E-state index < -0.39 is 0 Å². The summed E-state index contributed by atoms with van der Waals surface area (Å²) in [5, 5.41) is 3.33. The van der Waals surface area contributed by atoms with Crippen molar-refractivity contribution < 1.29 is 4.74 Å². The molecule has 0 aliphatic carbocycles. The second-order valence-electron chi connectivity index (χ2n) is 4.71. The van der Waals surface area contributed by atoms with Crippen molar-refractivity contribution in [2.75, 3.05) is 19.7 Å². The SMILES string of the molecule is CCNCCCC(C)OCCCC(C)C. The summed E-state index contributed by atoms with van der Waals surface area (Å²) in [4.78, 5) is 0. The van der Waals surface area contributed by atoms with E-state index in [1.54, 1.807) is 0 Å². The third kappa shape index (κ3) is 11.8. The summed E-state index contributed by atoms with van der Waals surface area (Å²) in [5.41, 5.74) is 0. The predicted octanol–water partition coefficient (Wildman–Crippen LogP) is 3.22. The molecule has 0 rings (SSSR count). The highest BCUT2D eigenvalue weighted by molar-refractivity contribution is 4.54. The second-order valence-corrected chi connectivity index (χ2v) is 4.71. The van der Waals surface area contributed by atoms with Gasteiger partial charge in [-0.15, -0.1) is 0 Å². The highest BCUT2D eigenvalue weighted by Crippen LogP contribution is 2.06. The molecule has 1 atom stereocenters. The first-order chi connectivity index (χ1) is 7.16. The Morgan fingerprint density at radius 2 is 1.80 bits per heavy atom. The van der Waals surface area contributed by atoms with E-state index in [-0.39, 0.29) is 0 Å². The van der Waals surface area contributed by atoms with Crippen molar-refractivity contribution in [3.05, 3.63) is 0 Å². The second kappa shape index (κ2) is 10.4. The Labute approximate surface area is 95.8 Å². The van der Waals surface area contributed by atoms with Crippen LogP contribution in [0.5, 0.6) is 0 Å². The Bertz CT molecular complexity index is 126. The Hall–Kier alpha value is -0.0800. The van der Waals surface area contributed by atoms with Crippen LogP contribution < -0.4 is 5.32 Å². The van der Waals surface area contributed by atoms with Crippen molar-refractivity contribution in [1.82, 2.24) is 5.32 Å². The van der Waals surface area contributed by atoms with Crippen LogP contribution in [0.25, 0.3) is 0 Å².